The quantitative estimate of drug-likeness (QED) is 0.129. The van der Waals surface area contributed by atoms with Crippen LogP contribution in [0, 0.1) is 12.3 Å². The van der Waals surface area contributed by atoms with Crippen molar-refractivity contribution >= 4 is 105 Å². The van der Waals surface area contributed by atoms with Crippen molar-refractivity contribution in [2.75, 3.05) is 5.73 Å². The van der Waals surface area contributed by atoms with Crippen molar-refractivity contribution in [2.24, 2.45) is 15.0 Å². The maximum Gasteiger partial charge on any atom is 0.161 e. The van der Waals surface area contributed by atoms with E-state index < -0.39 is 0 Å². The number of nitrogens with one attached hydrogen (secondary N) is 1. The van der Waals surface area contributed by atoms with Gasteiger partial charge in [0, 0.05) is 57.7 Å². The molecule has 3 aromatic heterocycles. The van der Waals surface area contributed by atoms with Crippen LogP contribution in [0.25, 0.3) is 52.2 Å². The number of aliphatic imine (C=N–C) groups is 3. The summed E-state index contributed by atoms with van der Waals surface area (Å²) in [7, 11) is 0. The third-order valence-electron chi connectivity index (χ3n) is 10.1. The number of rotatable bonds is 6. The Kier molecular flexibility index (Phi) is 10.0. The lowest BCUT2D eigenvalue weighted by atomic mass is 10.0. The van der Waals surface area contributed by atoms with Gasteiger partial charge in [0.05, 0.1) is 22.8 Å². The molecule has 3 N–H and O–H groups in total. The number of nitrogen functional groups attached to an aromatic ring is 1. The minimum atomic E-state index is 0.495. The van der Waals surface area contributed by atoms with Gasteiger partial charge in [-0.15, -0.1) is 22.7 Å². The summed E-state index contributed by atoms with van der Waals surface area (Å²) in [6.07, 6.45) is 0. The second kappa shape index (κ2) is 15.9. The van der Waals surface area contributed by atoms with E-state index in [1.54, 1.807) is 22.7 Å². The first kappa shape index (κ1) is 36.6. The molecule has 0 saturated carbocycles. The molecule has 10 rings (SSSR count). The van der Waals surface area contributed by atoms with Crippen LogP contribution < -0.4 is 5.73 Å². The van der Waals surface area contributed by atoms with E-state index in [9.17, 15) is 0 Å². The average Bonchev–Trinajstić information content (AvgIpc) is 3.95. The second-order valence-electron chi connectivity index (χ2n) is 13.9. The van der Waals surface area contributed by atoms with Crippen LogP contribution in [0.2, 0.25) is 0 Å². The first-order valence-electron chi connectivity index (χ1n) is 18.8. The molecule has 0 aliphatic heterocycles. The van der Waals surface area contributed by atoms with E-state index >= 15 is 0 Å². The van der Waals surface area contributed by atoms with Gasteiger partial charge in [-0.05, 0) is 55.6 Å². The van der Waals surface area contributed by atoms with E-state index in [0.717, 1.165) is 69.4 Å². The van der Waals surface area contributed by atoms with Gasteiger partial charge in [-0.2, -0.15) is 0 Å². The fourth-order valence-electron chi connectivity index (χ4n) is 7.25. The number of fused-ring (bicyclic) bond motifs is 7. The van der Waals surface area contributed by atoms with Crippen molar-refractivity contribution in [1.29, 1.82) is 5.41 Å². The first-order chi connectivity index (χ1) is 28.5. The van der Waals surface area contributed by atoms with Crippen LogP contribution >= 0.6 is 22.7 Å². The number of nitrogens with two attached hydrogens (primary N) is 1. The Balaban J connectivity index is 0.000000202. The monoisotopic (exact) mass is 787 g/mol. The largest absolute Gasteiger partial charge is 0.456 e. The molecular formula is C50H37N5OS2. The summed E-state index contributed by atoms with van der Waals surface area (Å²) in [6, 6.07) is 55.0. The number of thiophene rings is 2. The fourth-order valence-corrected chi connectivity index (χ4v) is 9.55. The van der Waals surface area contributed by atoms with E-state index in [1.165, 1.54) is 15.5 Å². The molecule has 280 valence electrons. The second-order valence-corrected chi connectivity index (χ2v) is 16.0. The Hall–Kier alpha value is -7.00. The molecule has 7 aromatic carbocycles. The van der Waals surface area contributed by atoms with Crippen molar-refractivity contribution in [3.63, 3.8) is 0 Å². The minimum Gasteiger partial charge on any atom is -0.456 e. The van der Waals surface area contributed by atoms with Gasteiger partial charge in [0.2, 0.25) is 0 Å². The number of hydrogen-bond acceptors (Lipinski definition) is 6. The van der Waals surface area contributed by atoms with Gasteiger partial charge in [0.1, 0.15) is 11.2 Å². The van der Waals surface area contributed by atoms with Gasteiger partial charge >= 0.3 is 0 Å². The van der Waals surface area contributed by atoms with Crippen molar-refractivity contribution in [3.8, 4) is 0 Å². The molecule has 0 amide bonds. The Morgan fingerprint density at radius 2 is 1.29 bits per heavy atom. The lowest BCUT2D eigenvalue weighted by molar-refractivity contribution is 0.669. The molecule has 0 fully saturated rings. The molecule has 0 atom stereocenters. The van der Waals surface area contributed by atoms with E-state index in [2.05, 4.69) is 85.4 Å². The smallest absolute Gasteiger partial charge is 0.161 e. The van der Waals surface area contributed by atoms with Gasteiger partial charge in [-0.3, -0.25) is 10.4 Å². The highest BCUT2D eigenvalue weighted by Crippen LogP contribution is 2.38. The summed E-state index contributed by atoms with van der Waals surface area (Å²) >= 11 is 3.34. The summed E-state index contributed by atoms with van der Waals surface area (Å²) in [5, 5.41) is 13.8. The van der Waals surface area contributed by atoms with Crippen molar-refractivity contribution in [2.45, 2.75) is 13.5 Å². The number of aryl methyl sites for hydroxylation is 1. The SMILES string of the molecule is C=NC(=NC(=NCc1ccccc1)c1cccc2c1sc1ccccc12)c1cccc2oc3ccc(C)cc3c12.N=C(c1ccccc1)c1sc2ccccc2c1N. The molecule has 0 radical (unpaired) electrons. The van der Waals surface area contributed by atoms with Crippen LogP contribution in [-0.2, 0) is 6.54 Å². The average molecular weight is 788 g/mol. The molecule has 58 heavy (non-hydrogen) atoms. The van der Waals surface area contributed by atoms with Crippen molar-refractivity contribution in [3.05, 3.63) is 196 Å². The summed E-state index contributed by atoms with van der Waals surface area (Å²) < 4.78 is 9.71. The van der Waals surface area contributed by atoms with Crippen LogP contribution in [0.1, 0.15) is 32.7 Å². The summed E-state index contributed by atoms with van der Waals surface area (Å²) in [4.78, 5) is 15.5. The maximum absolute atomic E-state index is 8.27. The predicted octanol–water partition coefficient (Wildman–Crippen LogP) is 13.3. The van der Waals surface area contributed by atoms with Crippen LogP contribution in [-0.4, -0.2) is 24.1 Å². The molecule has 10 aromatic rings. The zero-order chi connectivity index (χ0) is 39.6. The molecule has 0 aliphatic rings. The highest BCUT2D eigenvalue weighted by atomic mass is 32.1. The lowest BCUT2D eigenvalue weighted by Gasteiger charge is -2.08. The highest BCUT2D eigenvalue weighted by Gasteiger charge is 2.18. The molecule has 8 heteroatoms. The van der Waals surface area contributed by atoms with Gasteiger partial charge in [0.25, 0.3) is 0 Å². The molecule has 0 bridgehead atoms. The van der Waals surface area contributed by atoms with Crippen LogP contribution in [0.4, 0.5) is 5.69 Å². The molecule has 0 saturated heterocycles. The number of hydrogen-bond donors (Lipinski definition) is 2. The van der Waals surface area contributed by atoms with Gasteiger partial charge < -0.3 is 10.2 Å². The Bertz CT molecular complexity index is 3210. The number of anilines is 1. The number of benzene rings is 7. The number of amidine groups is 2. The van der Waals surface area contributed by atoms with E-state index in [0.29, 0.717) is 29.6 Å². The Labute approximate surface area is 343 Å². The van der Waals surface area contributed by atoms with Crippen LogP contribution in [0.15, 0.2) is 183 Å². The minimum absolute atomic E-state index is 0.495. The predicted molar refractivity (Wildman–Crippen MR) is 249 cm³/mol. The van der Waals surface area contributed by atoms with Gasteiger partial charge in [0.15, 0.2) is 11.7 Å². The summed E-state index contributed by atoms with van der Waals surface area (Å²) in [5.74, 6) is 1.14. The van der Waals surface area contributed by atoms with E-state index in [4.69, 9.17) is 25.5 Å². The van der Waals surface area contributed by atoms with Gasteiger partial charge in [-0.1, -0.05) is 133 Å². The fraction of sp³-hybridized carbons (Fsp3) is 0.0400. The molecule has 0 spiro atoms. The van der Waals surface area contributed by atoms with Crippen LogP contribution in [0.3, 0.4) is 0 Å². The Morgan fingerprint density at radius 1 is 0.638 bits per heavy atom. The number of nitrogens with zero attached hydrogens (tertiary/aromatic N) is 3. The maximum atomic E-state index is 8.27. The molecule has 6 nitrogen and oxygen atoms in total. The van der Waals surface area contributed by atoms with E-state index in [-0.39, 0.29) is 0 Å². The molecule has 3 heterocycles. The molecule has 0 aliphatic carbocycles. The zero-order valence-electron chi connectivity index (χ0n) is 31.6. The number of furan rings is 1. The van der Waals surface area contributed by atoms with Crippen LogP contribution in [0.5, 0.6) is 0 Å². The Morgan fingerprint density at radius 3 is 2.05 bits per heavy atom. The topological polar surface area (TPSA) is 100 Å². The highest BCUT2D eigenvalue weighted by molar-refractivity contribution is 7.26. The lowest BCUT2D eigenvalue weighted by Crippen LogP contribution is -2.06. The zero-order valence-corrected chi connectivity index (χ0v) is 33.3. The van der Waals surface area contributed by atoms with Crippen molar-refractivity contribution in [1.82, 2.24) is 0 Å². The summed E-state index contributed by atoms with van der Waals surface area (Å²) in [6.45, 7) is 6.51. The first-order valence-corrected chi connectivity index (χ1v) is 20.5. The third-order valence-corrected chi connectivity index (χ3v) is 12.5. The van der Waals surface area contributed by atoms with Crippen molar-refractivity contribution < 1.29 is 4.42 Å². The molecule has 0 unspecified atom stereocenters. The summed E-state index contributed by atoms with van der Waals surface area (Å²) in [5.41, 5.74) is 14.0. The van der Waals surface area contributed by atoms with Gasteiger partial charge in [-0.25, -0.2) is 9.98 Å². The molecular weight excluding hydrogens is 751 g/mol. The standard InChI is InChI=1S/C35H25N3OS.C15H12N2S/c1-22-18-19-29-28(20-22)32-26(14-9-16-30(32)39-29)34(36-2)38-35(37-21-23-10-4-3-5-11-23)27-15-8-13-25-24-12-6-7-17-31(24)40-33(25)27;16-13(10-6-2-1-3-7-10)15-14(17)11-8-4-5-9-12(11)18-15/h3-20H,2,21H2,1H3;1-9,16H,17H2. The van der Waals surface area contributed by atoms with E-state index in [1.807, 2.05) is 97.1 Å². The third kappa shape index (κ3) is 7.00. The normalized spacial score (nSPS) is 12.0.